The minimum Gasteiger partial charge on any atom is -0.447 e. The third kappa shape index (κ3) is 2.28. The Morgan fingerprint density at radius 2 is 2.44 bits per heavy atom. The Kier molecular flexibility index (Phi) is 3.61. The highest BCUT2D eigenvalue weighted by atomic mass is 16.3. The van der Waals surface area contributed by atoms with Crippen LogP contribution >= 0.6 is 0 Å². The Balaban J connectivity index is 2.14. The lowest BCUT2D eigenvalue weighted by atomic mass is 10.0. The summed E-state index contributed by atoms with van der Waals surface area (Å²) < 4.78 is 5.48. The fourth-order valence-electron chi connectivity index (χ4n) is 2.29. The molecule has 4 heteroatoms. The number of oxazole rings is 1. The van der Waals surface area contributed by atoms with Crippen LogP contribution in [0.2, 0.25) is 0 Å². The van der Waals surface area contributed by atoms with E-state index in [2.05, 4.69) is 16.8 Å². The summed E-state index contributed by atoms with van der Waals surface area (Å²) in [5, 5.41) is 9.42. The van der Waals surface area contributed by atoms with Crippen LogP contribution in [0.25, 0.3) is 0 Å². The Labute approximate surface area is 96.3 Å². The standard InChI is InChI=1S/C12H20N2O2/c1-3-14-7-5-4-6-11(14)12-13-10(8-16-12)9(2)15/h8-9,11,15H,3-7H2,1-2H3. The van der Waals surface area contributed by atoms with E-state index in [0.717, 1.165) is 25.4 Å². The minimum atomic E-state index is -0.545. The van der Waals surface area contributed by atoms with Crippen LogP contribution in [-0.2, 0) is 0 Å². The summed E-state index contributed by atoms with van der Waals surface area (Å²) in [6.45, 7) is 6.02. The molecular formula is C12H20N2O2. The molecular weight excluding hydrogens is 204 g/mol. The molecule has 2 atom stereocenters. The van der Waals surface area contributed by atoms with E-state index in [1.807, 2.05) is 0 Å². The van der Waals surface area contributed by atoms with Gasteiger partial charge in [0, 0.05) is 0 Å². The predicted octanol–water partition coefficient (Wildman–Crippen LogP) is 2.27. The topological polar surface area (TPSA) is 49.5 Å². The predicted molar refractivity (Wildman–Crippen MR) is 61.0 cm³/mol. The molecule has 1 aromatic rings. The van der Waals surface area contributed by atoms with Gasteiger partial charge in [-0.25, -0.2) is 4.98 Å². The van der Waals surface area contributed by atoms with Crippen molar-refractivity contribution in [2.75, 3.05) is 13.1 Å². The van der Waals surface area contributed by atoms with Crippen LogP contribution in [0.3, 0.4) is 0 Å². The molecule has 0 aromatic carbocycles. The second-order valence-corrected chi connectivity index (χ2v) is 4.43. The first-order valence-electron chi connectivity index (χ1n) is 6.09. The first kappa shape index (κ1) is 11.6. The molecule has 2 unspecified atom stereocenters. The van der Waals surface area contributed by atoms with E-state index in [1.54, 1.807) is 13.2 Å². The molecule has 0 saturated carbocycles. The van der Waals surface area contributed by atoms with Crippen LogP contribution in [0.4, 0.5) is 0 Å². The Bertz CT molecular complexity index is 336. The van der Waals surface area contributed by atoms with Crippen molar-refractivity contribution in [2.24, 2.45) is 0 Å². The van der Waals surface area contributed by atoms with E-state index in [-0.39, 0.29) is 0 Å². The third-order valence-electron chi connectivity index (χ3n) is 3.27. The molecule has 0 amide bonds. The summed E-state index contributed by atoms with van der Waals surface area (Å²) in [4.78, 5) is 6.76. The number of aliphatic hydroxyl groups is 1. The maximum atomic E-state index is 9.42. The molecule has 2 rings (SSSR count). The van der Waals surface area contributed by atoms with E-state index < -0.39 is 6.10 Å². The van der Waals surface area contributed by atoms with Crippen LogP contribution in [0.15, 0.2) is 10.7 Å². The number of rotatable bonds is 3. The van der Waals surface area contributed by atoms with Crippen molar-refractivity contribution >= 4 is 0 Å². The molecule has 1 saturated heterocycles. The zero-order valence-corrected chi connectivity index (χ0v) is 10.0. The van der Waals surface area contributed by atoms with Crippen LogP contribution < -0.4 is 0 Å². The fraction of sp³-hybridized carbons (Fsp3) is 0.750. The van der Waals surface area contributed by atoms with Crippen LogP contribution in [0.5, 0.6) is 0 Å². The number of likely N-dealkylation sites (tertiary alicyclic amines) is 1. The molecule has 2 heterocycles. The van der Waals surface area contributed by atoms with Gasteiger partial charge in [-0.15, -0.1) is 0 Å². The monoisotopic (exact) mass is 224 g/mol. The van der Waals surface area contributed by atoms with Gasteiger partial charge in [-0.3, -0.25) is 4.90 Å². The third-order valence-corrected chi connectivity index (χ3v) is 3.27. The van der Waals surface area contributed by atoms with Crippen molar-refractivity contribution in [1.82, 2.24) is 9.88 Å². The normalized spacial score (nSPS) is 24.6. The molecule has 4 nitrogen and oxygen atoms in total. The lowest BCUT2D eigenvalue weighted by Crippen LogP contribution is -2.33. The van der Waals surface area contributed by atoms with Crippen LogP contribution in [0.1, 0.15) is 56.8 Å². The molecule has 0 bridgehead atoms. The zero-order valence-electron chi connectivity index (χ0n) is 10.0. The molecule has 1 N–H and O–H groups in total. The smallest absolute Gasteiger partial charge is 0.211 e. The average molecular weight is 224 g/mol. The van der Waals surface area contributed by atoms with Crippen molar-refractivity contribution in [1.29, 1.82) is 0 Å². The van der Waals surface area contributed by atoms with E-state index in [4.69, 9.17) is 4.42 Å². The highest BCUT2D eigenvalue weighted by molar-refractivity contribution is 5.03. The summed E-state index contributed by atoms with van der Waals surface area (Å²) in [7, 11) is 0. The number of hydrogen-bond donors (Lipinski definition) is 1. The zero-order chi connectivity index (χ0) is 11.5. The minimum absolute atomic E-state index is 0.297. The Morgan fingerprint density at radius 3 is 3.06 bits per heavy atom. The van der Waals surface area contributed by atoms with Gasteiger partial charge in [-0.2, -0.15) is 0 Å². The van der Waals surface area contributed by atoms with Crippen LogP contribution in [-0.4, -0.2) is 28.1 Å². The van der Waals surface area contributed by atoms with Crippen molar-refractivity contribution < 1.29 is 9.52 Å². The Morgan fingerprint density at radius 1 is 1.62 bits per heavy atom. The van der Waals surface area contributed by atoms with Crippen molar-refractivity contribution in [2.45, 2.75) is 45.3 Å². The molecule has 1 fully saturated rings. The van der Waals surface area contributed by atoms with Gasteiger partial charge in [0.05, 0.1) is 12.1 Å². The van der Waals surface area contributed by atoms with Gasteiger partial charge >= 0.3 is 0 Å². The molecule has 16 heavy (non-hydrogen) atoms. The first-order valence-corrected chi connectivity index (χ1v) is 6.09. The van der Waals surface area contributed by atoms with Gasteiger partial charge in [0.25, 0.3) is 0 Å². The molecule has 1 aromatic heterocycles. The van der Waals surface area contributed by atoms with Gasteiger partial charge < -0.3 is 9.52 Å². The van der Waals surface area contributed by atoms with Crippen molar-refractivity contribution in [3.63, 3.8) is 0 Å². The van der Waals surface area contributed by atoms with Gasteiger partial charge in [0.15, 0.2) is 0 Å². The van der Waals surface area contributed by atoms with E-state index in [1.165, 1.54) is 12.8 Å². The van der Waals surface area contributed by atoms with E-state index in [0.29, 0.717) is 11.7 Å². The lowest BCUT2D eigenvalue weighted by molar-refractivity contribution is 0.132. The molecule has 90 valence electrons. The number of hydrogen-bond acceptors (Lipinski definition) is 4. The summed E-state index contributed by atoms with van der Waals surface area (Å²) in [5.74, 6) is 0.762. The van der Waals surface area contributed by atoms with E-state index in [9.17, 15) is 5.11 Å². The highest BCUT2D eigenvalue weighted by Crippen LogP contribution is 2.30. The summed E-state index contributed by atoms with van der Waals surface area (Å²) in [6, 6.07) is 0.297. The maximum absolute atomic E-state index is 9.42. The van der Waals surface area contributed by atoms with Crippen molar-refractivity contribution in [3.05, 3.63) is 17.8 Å². The van der Waals surface area contributed by atoms with Gasteiger partial charge in [-0.05, 0) is 32.9 Å². The molecule has 0 spiro atoms. The van der Waals surface area contributed by atoms with E-state index >= 15 is 0 Å². The quantitative estimate of drug-likeness (QED) is 0.855. The molecule has 0 radical (unpaired) electrons. The Hall–Kier alpha value is -0.870. The average Bonchev–Trinajstić information content (AvgIpc) is 2.78. The SMILES string of the molecule is CCN1CCCCC1c1nc(C(C)O)co1. The fourth-order valence-corrected chi connectivity index (χ4v) is 2.29. The maximum Gasteiger partial charge on any atom is 0.211 e. The van der Waals surface area contributed by atoms with Crippen LogP contribution in [0, 0.1) is 0 Å². The summed E-state index contributed by atoms with van der Waals surface area (Å²) >= 11 is 0. The second-order valence-electron chi connectivity index (χ2n) is 4.43. The number of nitrogens with zero attached hydrogens (tertiary/aromatic N) is 2. The van der Waals surface area contributed by atoms with Gasteiger partial charge in [-0.1, -0.05) is 13.3 Å². The largest absolute Gasteiger partial charge is 0.447 e. The second kappa shape index (κ2) is 4.97. The number of aromatic nitrogens is 1. The molecule has 1 aliphatic rings. The molecule has 1 aliphatic heterocycles. The van der Waals surface area contributed by atoms with Crippen molar-refractivity contribution in [3.8, 4) is 0 Å². The summed E-state index contributed by atoms with van der Waals surface area (Å²) in [6.07, 6.45) is 4.62. The lowest BCUT2D eigenvalue weighted by Gasteiger charge is -2.32. The number of piperidine rings is 1. The first-order chi connectivity index (χ1) is 7.72. The molecule has 0 aliphatic carbocycles. The van der Waals surface area contributed by atoms with Gasteiger partial charge in [0.1, 0.15) is 12.0 Å². The summed E-state index contributed by atoms with van der Waals surface area (Å²) in [5.41, 5.74) is 0.636. The number of aliphatic hydroxyl groups excluding tert-OH is 1. The van der Waals surface area contributed by atoms with Gasteiger partial charge in [0.2, 0.25) is 5.89 Å². The highest BCUT2D eigenvalue weighted by Gasteiger charge is 2.26.